The summed E-state index contributed by atoms with van der Waals surface area (Å²) in [5, 5.41) is 3.55. The van der Waals surface area contributed by atoms with E-state index in [1.54, 1.807) is 0 Å². The second-order valence-electron chi connectivity index (χ2n) is 5.60. The van der Waals surface area contributed by atoms with Gasteiger partial charge in [-0.2, -0.15) is 11.8 Å². The highest BCUT2D eigenvalue weighted by atomic mass is 32.2. The van der Waals surface area contributed by atoms with Crippen molar-refractivity contribution in [2.75, 3.05) is 18.6 Å². The van der Waals surface area contributed by atoms with E-state index in [-0.39, 0.29) is 0 Å². The van der Waals surface area contributed by atoms with Gasteiger partial charge in [0.1, 0.15) is 0 Å². The molecule has 106 valence electrons. The summed E-state index contributed by atoms with van der Waals surface area (Å²) in [7, 11) is 0. The highest BCUT2D eigenvalue weighted by Crippen LogP contribution is 2.39. The topological polar surface area (TPSA) is 12.0 Å². The summed E-state index contributed by atoms with van der Waals surface area (Å²) in [6, 6.07) is 9.21. The van der Waals surface area contributed by atoms with Crippen LogP contribution in [0.4, 0.5) is 0 Å². The van der Waals surface area contributed by atoms with Crippen LogP contribution >= 0.6 is 11.8 Å². The van der Waals surface area contributed by atoms with Crippen molar-refractivity contribution < 1.29 is 0 Å². The normalized spacial score (nSPS) is 14.8. The van der Waals surface area contributed by atoms with Gasteiger partial charge in [-0.3, -0.25) is 0 Å². The zero-order valence-electron chi connectivity index (χ0n) is 12.2. The van der Waals surface area contributed by atoms with Crippen molar-refractivity contribution in [1.82, 2.24) is 5.32 Å². The van der Waals surface area contributed by atoms with Gasteiger partial charge < -0.3 is 5.32 Å². The molecule has 0 saturated heterocycles. The van der Waals surface area contributed by atoms with Gasteiger partial charge in [-0.1, -0.05) is 37.1 Å². The van der Waals surface area contributed by atoms with Gasteiger partial charge in [0.05, 0.1) is 0 Å². The Balaban J connectivity index is 1.50. The zero-order chi connectivity index (χ0) is 13.3. The summed E-state index contributed by atoms with van der Waals surface area (Å²) in [5.74, 6) is 2.20. The largest absolute Gasteiger partial charge is 0.313 e. The Morgan fingerprint density at radius 3 is 2.47 bits per heavy atom. The highest BCUT2D eigenvalue weighted by Gasteiger charge is 2.22. The van der Waals surface area contributed by atoms with Crippen molar-refractivity contribution in [2.24, 2.45) is 0 Å². The molecule has 0 aromatic heterocycles. The lowest BCUT2D eigenvalue weighted by molar-refractivity contribution is 0.599. The van der Waals surface area contributed by atoms with Crippen LogP contribution in [0, 0.1) is 0 Å². The third-order valence-electron chi connectivity index (χ3n) is 3.81. The van der Waals surface area contributed by atoms with Gasteiger partial charge in [-0.25, -0.2) is 0 Å². The van der Waals surface area contributed by atoms with Gasteiger partial charge >= 0.3 is 0 Å². The van der Waals surface area contributed by atoms with E-state index >= 15 is 0 Å². The van der Waals surface area contributed by atoms with Gasteiger partial charge in [0.2, 0.25) is 0 Å². The third-order valence-corrected chi connectivity index (χ3v) is 4.51. The predicted molar refractivity (Wildman–Crippen MR) is 87.0 cm³/mol. The average molecular weight is 277 g/mol. The molecule has 0 unspecified atom stereocenters. The van der Waals surface area contributed by atoms with Gasteiger partial charge in [0.25, 0.3) is 0 Å². The minimum atomic E-state index is 0.878. The molecule has 0 radical (unpaired) electrons. The van der Waals surface area contributed by atoms with E-state index < -0.39 is 0 Å². The lowest BCUT2D eigenvalue weighted by Crippen LogP contribution is -2.14. The molecule has 1 aliphatic rings. The lowest BCUT2D eigenvalue weighted by Gasteiger charge is -2.06. The monoisotopic (exact) mass is 277 g/mol. The molecule has 0 aliphatic heterocycles. The smallest absolute Gasteiger partial charge is 0.0205 e. The van der Waals surface area contributed by atoms with Crippen LogP contribution < -0.4 is 5.32 Å². The second kappa shape index (κ2) is 8.65. The number of rotatable bonds is 10. The molecule has 1 fully saturated rings. The number of hydrogen-bond donors (Lipinski definition) is 1. The number of thioether (sulfide) groups is 1. The van der Waals surface area contributed by atoms with Crippen LogP contribution in [-0.2, 0) is 6.54 Å². The Labute approximate surface area is 122 Å². The maximum Gasteiger partial charge on any atom is 0.0205 e. The van der Waals surface area contributed by atoms with E-state index in [1.807, 2.05) is 11.8 Å². The minimum absolute atomic E-state index is 0.878. The van der Waals surface area contributed by atoms with Crippen molar-refractivity contribution >= 4 is 11.8 Å². The maximum absolute atomic E-state index is 3.55. The Bertz CT molecular complexity index is 343. The van der Waals surface area contributed by atoms with E-state index in [0.717, 1.165) is 19.0 Å². The van der Waals surface area contributed by atoms with Crippen LogP contribution in [0.15, 0.2) is 24.3 Å². The van der Waals surface area contributed by atoms with Gasteiger partial charge in [0.15, 0.2) is 0 Å². The molecule has 1 aliphatic carbocycles. The molecular formula is C17H27NS. The van der Waals surface area contributed by atoms with E-state index in [2.05, 4.69) is 35.8 Å². The molecule has 0 atom stereocenters. The van der Waals surface area contributed by atoms with E-state index in [9.17, 15) is 0 Å². The average Bonchev–Trinajstić information content (AvgIpc) is 3.27. The first-order valence-corrected chi connectivity index (χ1v) is 9.08. The minimum Gasteiger partial charge on any atom is -0.313 e. The van der Waals surface area contributed by atoms with Crippen molar-refractivity contribution in [2.45, 2.75) is 51.0 Å². The lowest BCUT2D eigenvalue weighted by atomic mass is 10.1. The predicted octanol–water partition coefficient (Wildman–Crippen LogP) is 4.58. The van der Waals surface area contributed by atoms with Crippen LogP contribution in [0.1, 0.15) is 55.6 Å². The Morgan fingerprint density at radius 2 is 1.79 bits per heavy atom. The Morgan fingerprint density at radius 1 is 1.05 bits per heavy atom. The molecule has 2 rings (SSSR count). The summed E-state index contributed by atoms with van der Waals surface area (Å²) < 4.78 is 0. The van der Waals surface area contributed by atoms with Crippen LogP contribution in [-0.4, -0.2) is 18.6 Å². The quantitative estimate of drug-likeness (QED) is 0.628. The summed E-state index contributed by atoms with van der Waals surface area (Å²) in [6.07, 6.45) is 10.4. The molecule has 2 heteroatoms. The molecule has 1 aromatic carbocycles. The number of unbranched alkanes of at least 4 members (excludes halogenated alkanes) is 3. The van der Waals surface area contributed by atoms with E-state index in [1.165, 1.54) is 55.4 Å². The highest BCUT2D eigenvalue weighted by molar-refractivity contribution is 7.98. The number of hydrogen-bond acceptors (Lipinski definition) is 2. The summed E-state index contributed by atoms with van der Waals surface area (Å²) in [4.78, 5) is 0. The third kappa shape index (κ3) is 6.01. The molecule has 1 aromatic rings. The van der Waals surface area contributed by atoms with E-state index in [4.69, 9.17) is 0 Å². The zero-order valence-corrected chi connectivity index (χ0v) is 13.0. The van der Waals surface area contributed by atoms with Gasteiger partial charge in [0, 0.05) is 6.54 Å². The van der Waals surface area contributed by atoms with Gasteiger partial charge in [-0.05, 0) is 61.3 Å². The molecule has 1 N–H and O–H groups in total. The fourth-order valence-electron chi connectivity index (χ4n) is 2.41. The fourth-order valence-corrected chi connectivity index (χ4v) is 2.90. The SMILES string of the molecule is CSCCCCCCNCc1ccc(C2CC2)cc1. The molecule has 0 heterocycles. The Kier molecular flexibility index (Phi) is 6.80. The molecular weight excluding hydrogens is 250 g/mol. The van der Waals surface area contributed by atoms with Crippen LogP contribution in [0.3, 0.4) is 0 Å². The molecule has 0 spiro atoms. The summed E-state index contributed by atoms with van der Waals surface area (Å²) in [5.41, 5.74) is 2.96. The first-order chi connectivity index (χ1) is 9.40. The first kappa shape index (κ1) is 14.9. The molecule has 19 heavy (non-hydrogen) atoms. The van der Waals surface area contributed by atoms with Crippen molar-refractivity contribution in [3.05, 3.63) is 35.4 Å². The van der Waals surface area contributed by atoms with Gasteiger partial charge in [-0.15, -0.1) is 0 Å². The van der Waals surface area contributed by atoms with Crippen molar-refractivity contribution in [3.63, 3.8) is 0 Å². The summed E-state index contributed by atoms with van der Waals surface area (Å²) in [6.45, 7) is 2.18. The molecule has 0 bridgehead atoms. The second-order valence-corrected chi connectivity index (χ2v) is 6.59. The van der Waals surface area contributed by atoms with Crippen LogP contribution in [0.25, 0.3) is 0 Å². The maximum atomic E-state index is 3.55. The van der Waals surface area contributed by atoms with Crippen LogP contribution in [0.2, 0.25) is 0 Å². The van der Waals surface area contributed by atoms with Crippen LogP contribution in [0.5, 0.6) is 0 Å². The number of nitrogens with one attached hydrogen (secondary N) is 1. The standard InChI is InChI=1S/C17H27NS/c1-19-13-5-3-2-4-12-18-14-15-6-8-16(9-7-15)17-10-11-17/h6-9,17-18H,2-5,10-14H2,1H3. The number of benzene rings is 1. The van der Waals surface area contributed by atoms with Crippen molar-refractivity contribution in [1.29, 1.82) is 0 Å². The van der Waals surface area contributed by atoms with E-state index in [0.29, 0.717) is 0 Å². The first-order valence-electron chi connectivity index (χ1n) is 7.68. The Hall–Kier alpha value is -0.470. The molecule has 0 amide bonds. The van der Waals surface area contributed by atoms with Crippen molar-refractivity contribution in [3.8, 4) is 0 Å². The summed E-state index contributed by atoms with van der Waals surface area (Å²) >= 11 is 1.96. The fraction of sp³-hybridized carbons (Fsp3) is 0.647. The molecule has 1 nitrogen and oxygen atoms in total. The molecule has 1 saturated carbocycles.